The first-order valence-electron chi connectivity index (χ1n) is 14.5. The topological polar surface area (TPSA) is 107 Å². The maximum atomic E-state index is 13.9. The molecule has 2 aromatic carbocycles. The van der Waals surface area contributed by atoms with E-state index < -0.39 is 17.8 Å². The molecule has 10 nitrogen and oxygen atoms in total. The number of carbonyl (C=O) groups excluding carboxylic acids is 3. The zero-order chi connectivity index (χ0) is 30.1. The number of rotatable bonds is 10. The Hall–Kier alpha value is -3.34. The third kappa shape index (κ3) is 8.83. The molecule has 0 spiro atoms. The average Bonchev–Trinajstić information content (AvgIpc) is 3.03. The minimum Gasteiger partial charge on any atom is -0.449 e. The zero-order valence-corrected chi connectivity index (χ0v) is 25.3. The second kappa shape index (κ2) is 14.7. The first kappa shape index (κ1) is 31.6. The number of amides is 3. The summed E-state index contributed by atoms with van der Waals surface area (Å²) in [6.07, 6.45) is 3.01. The molecule has 4 rings (SSSR count). The molecule has 1 N–H and O–H groups in total. The van der Waals surface area contributed by atoms with E-state index in [1.807, 2.05) is 30.3 Å². The van der Waals surface area contributed by atoms with Crippen LogP contribution in [0.1, 0.15) is 69.7 Å². The number of fused-ring (bicyclic) bond motifs is 2. The fraction of sp³-hybridized carbons (Fsp3) is 0.516. The van der Waals surface area contributed by atoms with E-state index in [9.17, 15) is 14.4 Å². The van der Waals surface area contributed by atoms with Crippen LogP contribution in [-0.4, -0.2) is 62.9 Å². The Balaban J connectivity index is 1.40. The summed E-state index contributed by atoms with van der Waals surface area (Å²) < 4.78 is 21.8. The predicted molar refractivity (Wildman–Crippen MR) is 161 cm³/mol. The van der Waals surface area contributed by atoms with Crippen LogP contribution >= 0.6 is 11.6 Å². The summed E-state index contributed by atoms with van der Waals surface area (Å²) in [5, 5.41) is 2.59. The van der Waals surface area contributed by atoms with E-state index in [-0.39, 0.29) is 18.8 Å². The maximum Gasteiger partial charge on any atom is 0.417 e. The normalized spacial score (nSPS) is 16.8. The first-order valence-corrected chi connectivity index (χ1v) is 14.9. The fourth-order valence-electron chi connectivity index (χ4n) is 4.92. The van der Waals surface area contributed by atoms with Crippen molar-refractivity contribution in [2.24, 2.45) is 0 Å². The van der Waals surface area contributed by atoms with Crippen LogP contribution in [0.5, 0.6) is 0 Å². The van der Waals surface area contributed by atoms with Gasteiger partial charge in [0.1, 0.15) is 5.60 Å². The molecule has 0 aromatic heterocycles. The van der Waals surface area contributed by atoms with Crippen LogP contribution in [0.2, 0.25) is 5.02 Å². The number of hydrogen-bond acceptors (Lipinski definition) is 8. The molecule has 1 saturated heterocycles. The Bertz CT molecular complexity index is 1240. The molecule has 2 aromatic rings. The average molecular weight is 602 g/mol. The number of ether oxygens (including phenoxy) is 4. The van der Waals surface area contributed by atoms with E-state index in [0.29, 0.717) is 49.5 Å². The molecule has 2 heterocycles. The number of para-hydroxylation sites is 2. The second-order valence-electron chi connectivity index (χ2n) is 11.2. The molecule has 11 heteroatoms. The highest BCUT2D eigenvalue weighted by Gasteiger charge is 2.31. The maximum absolute atomic E-state index is 13.9. The highest BCUT2D eigenvalue weighted by Crippen LogP contribution is 2.41. The summed E-state index contributed by atoms with van der Waals surface area (Å²) in [5.41, 5.74) is 2.24. The van der Waals surface area contributed by atoms with Gasteiger partial charge in [0.25, 0.3) is 5.91 Å². The molecule has 42 heavy (non-hydrogen) atoms. The molecule has 0 bridgehead atoms. The molecule has 2 aliphatic heterocycles. The van der Waals surface area contributed by atoms with Crippen molar-refractivity contribution in [2.75, 3.05) is 42.7 Å². The van der Waals surface area contributed by atoms with Gasteiger partial charge in [0.2, 0.25) is 0 Å². The van der Waals surface area contributed by atoms with Crippen LogP contribution in [0.3, 0.4) is 0 Å². The van der Waals surface area contributed by atoms with Gasteiger partial charge < -0.3 is 28.7 Å². The summed E-state index contributed by atoms with van der Waals surface area (Å²) in [7, 11) is 0. The minimum absolute atomic E-state index is 0.104. The molecule has 1 atom stereocenters. The lowest BCUT2D eigenvalue weighted by atomic mass is 10.1. The van der Waals surface area contributed by atoms with Crippen molar-refractivity contribution in [3.63, 3.8) is 0 Å². The Kier molecular flexibility index (Phi) is 11.1. The van der Waals surface area contributed by atoms with Crippen molar-refractivity contribution >= 4 is 46.8 Å². The first-order chi connectivity index (χ1) is 20.1. The second-order valence-corrected chi connectivity index (χ2v) is 11.7. The van der Waals surface area contributed by atoms with Crippen molar-refractivity contribution < 1.29 is 33.3 Å². The predicted octanol–water partition coefficient (Wildman–Crippen LogP) is 6.81. The number of nitrogens with one attached hydrogen (secondary N) is 1. The standard InChI is InChI=1S/C31H40ClN3O7/c1-31(2,3)42-30(38)33-29(37)41-19-9-7-16-34-24-11-4-5-12-25(24)35(17-10-20-40-27-13-6-8-18-39-27)28(36)23-15-14-22(32)21-26(23)34/h4-5,11-12,14-15,21,27H,6-10,13,16-20H2,1-3H3,(H,33,37,38). The molecule has 1 fully saturated rings. The van der Waals surface area contributed by atoms with E-state index in [2.05, 4.69) is 10.2 Å². The van der Waals surface area contributed by atoms with Gasteiger partial charge in [-0.05, 0) is 89.6 Å². The molecule has 0 radical (unpaired) electrons. The van der Waals surface area contributed by atoms with Crippen LogP contribution in [0.15, 0.2) is 42.5 Å². The summed E-state index contributed by atoms with van der Waals surface area (Å²) in [6, 6.07) is 13.1. The van der Waals surface area contributed by atoms with Crippen LogP contribution in [0, 0.1) is 0 Å². The lowest BCUT2D eigenvalue weighted by Gasteiger charge is -2.28. The van der Waals surface area contributed by atoms with Gasteiger partial charge in [0.15, 0.2) is 6.29 Å². The summed E-state index contributed by atoms with van der Waals surface area (Å²) in [4.78, 5) is 41.5. The van der Waals surface area contributed by atoms with Gasteiger partial charge >= 0.3 is 12.2 Å². The summed E-state index contributed by atoms with van der Waals surface area (Å²) in [5.74, 6) is -0.104. The van der Waals surface area contributed by atoms with Gasteiger partial charge in [0, 0.05) is 24.7 Å². The Morgan fingerprint density at radius 1 is 0.952 bits per heavy atom. The van der Waals surface area contributed by atoms with Crippen molar-refractivity contribution in [3.8, 4) is 0 Å². The molecule has 1 unspecified atom stereocenters. The monoisotopic (exact) mass is 601 g/mol. The molecule has 0 saturated carbocycles. The van der Waals surface area contributed by atoms with E-state index in [4.69, 9.17) is 30.5 Å². The summed E-state index contributed by atoms with van der Waals surface area (Å²) >= 11 is 6.40. The lowest BCUT2D eigenvalue weighted by molar-refractivity contribution is -0.162. The lowest BCUT2D eigenvalue weighted by Crippen LogP contribution is -2.36. The van der Waals surface area contributed by atoms with Crippen molar-refractivity contribution in [2.45, 2.75) is 71.2 Å². The number of nitrogens with zero attached hydrogens (tertiary/aromatic N) is 2. The highest BCUT2D eigenvalue weighted by atomic mass is 35.5. The number of benzene rings is 2. The van der Waals surface area contributed by atoms with Gasteiger partial charge in [-0.25, -0.2) is 14.9 Å². The molecule has 3 amide bonds. The smallest absolute Gasteiger partial charge is 0.417 e. The molecule has 2 aliphatic rings. The van der Waals surface area contributed by atoms with Gasteiger partial charge in [-0.3, -0.25) is 4.79 Å². The van der Waals surface area contributed by atoms with Crippen LogP contribution in [-0.2, 0) is 18.9 Å². The number of carbonyl (C=O) groups is 3. The largest absolute Gasteiger partial charge is 0.449 e. The van der Waals surface area contributed by atoms with Crippen LogP contribution in [0.4, 0.5) is 26.7 Å². The Morgan fingerprint density at radius 3 is 2.40 bits per heavy atom. The van der Waals surface area contributed by atoms with Crippen LogP contribution in [0.25, 0.3) is 0 Å². The third-order valence-electron chi connectivity index (χ3n) is 6.77. The van der Waals surface area contributed by atoms with Gasteiger partial charge in [-0.1, -0.05) is 23.7 Å². The molecule has 0 aliphatic carbocycles. The van der Waals surface area contributed by atoms with Gasteiger partial charge in [0.05, 0.1) is 35.8 Å². The van der Waals surface area contributed by atoms with E-state index in [0.717, 1.165) is 42.9 Å². The van der Waals surface area contributed by atoms with Crippen molar-refractivity contribution in [1.29, 1.82) is 0 Å². The van der Waals surface area contributed by atoms with Crippen molar-refractivity contribution in [3.05, 3.63) is 53.1 Å². The highest BCUT2D eigenvalue weighted by molar-refractivity contribution is 6.31. The number of unbranched alkanes of at least 4 members (excludes halogenated alkanes) is 1. The molecular formula is C31H40ClN3O7. The van der Waals surface area contributed by atoms with Gasteiger partial charge in [-0.2, -0.15) is 0 Å². The quantitative estimate of drug-likeness (QED) is 0.296. The number of imide groups is 1. The van der Waals surface area contributed by atoms with Crippen LogP contribution < -0.4 is 15.1 Å². The van der Waals surface area contributed by atoms with E-state index in [1.54, 1.807) is 37.8 Å². The zero-order valence-electron chi connectivity index (χ0n) is 24.5. The van der Waals surface area contributed by atoms with E-state index in [1.165, 1.54) is 0 Å². The van der Waals surface area contributed by atoms with E-state index >= 15 is 0 Å². The third-order valence-corrected chi connectivity index (χ3v) is 7.00. The Morgan fingerprint density at radius 2 is 1.69 bits per heavy atom. The summed E-state index contributed by atoms with van der Waals surface area (Å²) in [6.45, 7) is 7.49. The SMILES string of the molecule is CC(C)(C)OC(=O)NC(=O)OCCCCN1c2cc(Cl)ccc2C(=O)N(CCCOC2CCCCO2)c2ccccc21. The molecular weight excluding hydrogens is 562 g/mol. The minimum atomic E-state index is -0.859. The Labute approximate surface area is 252 Å². The fourth-order valence-corrected chi connectivity index (χ4v) is 5.08. The number of alkyl carbamates (subject to hydrolysis) is 2. The van der Waals surface area contributed by atoms with Gasteiger partial charge in [-0.15, -0.1) is 0 Å². The number of hydrogen-bond donors (Lipinski definition) is 1. The molecule has 228 valence electrons. The number of halogens is 1. The van der Waals surface area contributed by atoms with Crippen molar-refractivity contribution in [1.82, 2.24) is 5.32 Å². The number of anilines is 3.